The van der Waals surface area contributed by atoms with Gasteiger partial charge in [0.15, 0.2) is 11.6 Å². The zero-order valence-electron chi connectivity index (χ0n) is 5.78. The minimum atomic E-state index is 0.534. The van der Waals surface area contributed by atoms with E-state index in [2.05, 4.69) is 20.4 Å². The molecule has 1 aromatic rings. The third-order valence-corrected chi connectivity index (χ3v) is 0.988. The number of hydrogen-bond acceptors (Lipinski definition) is 5. The van der Waals surface area contributed by atoms with Crippen LogP contribution >= 0.6 is 0 Å². The molecule has 0 aromatic carbocycles. The van der Waals surface area contributed by atoms with Gasteiger partial charge in [-0.2, -0.15) is 0 Å². The summed E-state index contributed by atoms with van der Waals surface area (Å²) in [5, 5.41) is 15.0. The topological polar surface area (TPSA) is 77.6 Å². The van der Waals surface area contributed by atoms with Crippen molar-refractivity contribution in [2.24, 2.45) is 5.73 Å². The van der Waals surface area contributed by atoms with E-state index in [1.165, 1.54) is 0 Å². The fourth-order valence-corrected chi connectivity index (χ4v) is 0.529. The molecular formula is C5H9N5. The van der Waals surface area contributed by atoms with Crippen molar-refractivity contribution in [1.82, 2.24) is 20.4 Å². The zero-order chi connectivity index (χ0) is 7.40. The highest BCUT2D eigenvalue weighted by atomic mass is 15.3. The van der Waals surface area contributed by atoms with Gasteiger partial charge >= 0.3 is 0 Å². The normalized spacial score (nSPS) is 9.80. The van der Waals surface area contributed by atoms with Crippen LogP contribution in [0, 0.1) is 6.92 Å². The third-order valence-electron chi connectivity index (χ3n) is 0.988. The third kappa shape index (κ3) is 1.70. The lowest BCUT2D eigenvalue weighted by atomic mass is 10.4. The minimum absolute atomic E-state index is 0.534. The predicted molar refractivity (Wildman–Crippen MR) is 35.1 cm³/mol. The first kappa shape index (κ1) is 7.01. The van der Waals surface area contributed by atoms with Crippen LogP contribution < -0.4 is 5.73 Å². The molecule has 1 aromatic heterocycles. The number of aryl methyl sites for hydroxylation is 1. The molecule has 0 unspecified atom stereocenters. The molecule has 1 heterocycles. The van der Waals surface area contributed by atoms with E-state index in [0.29, 0.717) is 24.6 Å². The molecule has 0 fully saturated rings. The summed E-state index contributed by atoms with van der Waals surface area (Å²) in [5.74, 6) is 1.19. The average molecular weight is 139 g/mol. The van der Waals surface area contributed by atoms with Crippen molar-refractivity contribution < 1.29 is 0 Å². The molecule has 2 N–H and O–H groups in total. The Morgan fingerprint density at radius 3 is 2.30 bits per heavy atom. The summed E-state index contributed by atoms with van der Waals surface area (Å²) in [4.78, 5) is 0. The Bertz CT molecular complexity index is 194. The quantitative estimate of drug-likeness (QED) is 0.573. The highest BCUT2D eigenvalue weighted by Gasteiger charge is 1.94. The fourth-order valence-electron chi connectivity index (χ4n) is 0.529. The molecule has 0 atom stereocenters. The number of nitrogens with two attached hydrogens (primary N) is 1. The first-order valence-electron chi connectivity index (χ1n) is 3.06. The minimum Gasteiger partial charge on any atom is -0.330 e. The highest BCUT2D eigenvalue weighted by Crippen LogP contribution is 1.83. The van der Waals surface area contributed by atoms with E-state index in [0.717, 1.165) is 0 Å². The summed E-state index contributed by atoms with van der Waals surface area (Å²) in [6.45, 7) is 2.28. The van der Waals surface area contributed by atoms with Gasteiger partial charge in [-0.05, 0) is 13.5 Å². The maximum atomic E-state index is 5.26. The van der Waals surface area contributed by atoms with E-state index in [1.807, 2.05) is 0 Å². The Labute approximate surface area is 58.7 Å². The second-order valence-electron chi connectivity index (χ2n) is 1.90. The van der Waals surface area contributed by atoms with Gasteiger partial charge in [-0.1, -0.05) is 0 Å². The number of aromatic nitrogens is 4. The van der Waals surface area contributed by atoms with Crippen molar-refractivity contribution in [2.75, 3.05) is 6.54 Å². The lowest BCUT2D eigenvalue weighted by Gasteiger charge is -1.92. The molecule has 0 saturated carbocycles. The van der Waals surface area contributed by atoms with Gasteiger partial charge in [-0.3, -0.25) is 0 Å². The van der Waals surface area contributed by atoms with Gasteiger partial charge in [0.05, 0.1) is 0 Å². The van der Waals surface area contributed by atoms with Gasteiger partial charge in [0.2, 0.25) is 0 Å². The van der Waals surface area contributed by atoms with E-state index in [-0.39, 0.29) is 0 Å². The lowest BCUT2D eigenvalue weighted by Crippen LogP contribution is -2.09. The number of hydrogen-bond donors (Lipinski definition) is 1. The van der Waals surface area contributed by atoms with E-state index in [4.69, 9.17) is 5.73 Å². The van der Waals surface area contributed by atoms with Crippen LogP contribution in [0.5, 0.6) is 0 Å². The first-order valence-corrected chi connectivity index (χ1v) is 3.06. The molecule has 0 aliphatic carbocycles. The molecular weight excluding hydrogens is 130 g/mol. The van der Waals surface area contributed by atoms with Crippen LogP contribution in [-0.2, 0) is 6.42 Å². The monoisotopic (exact) mass is 139 g/mol. The van der Waals surface area contributed by atoms with Gasteiger partial charge in [0.25, 0.3) is 0 Å². The molecule has 10 heavy (non-hydrogen) atoms. The van der Waals surface area contributed by atoms with Crippen LogP contribution in [0.2, 0.25) is 0 Å². The second-order valence-corrected chi connectivity index (χ2v) is 1.90. The molecule has 5 heteroatoms. The summed E-state index contributed by atoms with van der Waals surface area (Å²) >= 11 is 0. The van der Waals surface area contributed by atoms with Crippen LogP contribution in [-0.4, -0.2) is 26.9 Å². The molecule has 0 spiro atoms. The Balaban J connectivity index is 2.69. The van der Waals surface area contributed by atoms with Crippen molar-refractivity contribution >= 4 is 0 Å². The second kappa shape index (κ2) is 3.17. The van der Waals surface area contributed by atoms with E-state index >= 15 is 0 Å². The maximum Gasteiger partial charge on any atom is 0.174 e. The average Bonchev–Trinajstić information content (AvgIpc) is 1.95. The maximum absolute atomic E-state index is 5.26. The summed E-state index contributed by atoms with van der Waals surface area (Å²) in [6, 6.07) is 0. The van der Waals surface area contributed by atoms with Crippen LogP contribution in [0.4, 0.5) is 0 Å². The van der Waals surface area contributed by atoms with Gasteiger partial charge < -0.3 is 5.73 Å². The molecule has 0 bridgehead atoms. The molecule has 1 rings (SSSR count). The fraction of sp³-hybridized carbons (Fsp3) is 0.600. The molecule has 54 valence electrons. The Hall–Kier alpha value is -1.10. The molecule has 0 amide bonds. The van der Waals surface area contributed by atoms with Crippen molar-refractivity contribution in [3.63, 3.8) is 0 Å². The van der Waals surface area contributed by atoms with Crippen LogP contribution in [0.25, 0.3) is 0 Å². The summed E-state index contributed by atoms with van der Waals surface area (Å²) < 4.78 is 0. The van der Waals surface area contributed by atoms with Crippen molar-refractivity contribution in [3.05, 3.63) is 11.6 Å². The molecule has 0 saturated heterocycles. The van der Waals surface area contributed by atoms with Gasteiger partial charge in [-0.25, -0.2) is 0 Å². The van der Waals surface area contributed by atoms with Crippen LogP contribution in [0.3, 0.4) is 0 Å². The van der Waals surface area contributed by atoms with E-state index < -0.39 is 0 Å². The van der Waals surface area contributed by atoms with E-state index in [9.17, 15) is 0 Å². The number of rotatable bonds is 2. The summed E-state index contributed by atoms with van der Waals surface area (Å²) in [6.07, 6.45) is 0.639. The lowest BCUT2D eigenvalue weighted by molar-refractivity contribution is 0.720. The first-order chi connectivity index (χ1) is 4.83. The molecule has 0 aliphatic rings. The van der Waals surface area contributed by atoms with Crippen molar-refractivity contribution in [2.45, 2.75) is 13.3 Å². The summed E-state index contributed by atoms with van der Waals surface area (Å²) in [5.41, 5.74) is 5.26. The Morgan fingerprint density at radius 2 is 1.80 bits per heavy atom. The van der Waals surface area contributed by atoms with Gasteiger partial charge in [0, 0.05) is 6.42 Å². The largest absolute Gasteiger partial charge is 0.330 e. The van der Waals surface area contributed by atoms with Gasteiger partial charge in [-0.15, -0.1) is 20.4 Å². The van der Waals surface area contributed by atoms with Gasteiger partial charge in [0.1, 0.15) is 0 Å². The Kier molecular flexibility index (Phi) is 2.22. The smallest absolute Gasteiger partial charge is 0.174 e. The highest BCUT2D eigenvalue weighted by molar-refractivity contribution is 4.79. The molecule has 5 nitrogen and oxygen atoms in total. The standard InChI is InChI=1S/C5H9N5/c1-4-7-9-5(2-3-6)10-8-4/h2-3,6H2,1H3. The van der Waals surface area contributed by atoms with E-state index in [1.54, 1.807) is 6.92 Å². The van der Waals surface area contributed by atoms with Crippen LogP contribution in [0.1, 0.15) is 11.6 Å². The Morgan fingerprint density at radius 1 is 1.20 bits per heavy atom. The SMILES string of the molecule is Cc1nnc(CCN)nn1. The predicted octanol–water partition coefficient (Wildman–Crippen LogP) is -0.924. The van der Waals surface area contributed by atoms with Crippen LogP contribution in [0.15, 0.2) is 0 Å². The van der Waals surface area contributed by atoms with Crippen molar-refractivity contribution in [1.29, 1.82) is 0 Å². The molecule has 0 aliphatic heterocycles. The molecule has 0 radical (unpaired) electrons. The summed E-state index contributed by atoms with van der Waals surface area (Å²) in [7, 11) is 0. The van der Waals surface area contributed by atoms with Crippen molar-refractivity contribution in [3.8, 4) is 0 Å². The zero-order valence-corrected chi connectivity index (χ0v) is 5.78. The number of nitrogens with zero attached hydrogens (tertiary/aromatic N) is 4.